The van der Waals surface area contributed by atoms with Crippen molar-refractivity contribution in [3.63, 3.8) is 0 Å². The molecule has 2 amide bonds. The van der Waals surface area contributed by atoms with E-state index in [1.54, 1.807) is 24.3 Å². The molecule has 3 rings (SSSR count). The lowest BCUT2D eigenvalue weighted by Crippen LogP contribution is -2.53. The summed E-state index contributed by atoms with van der Waals surface area (Å²) in [5, 5.41) is 2.93. The van der Waals surface area contributed by atoms with E-state index in [1.165, 1.54) is 4.90 Å². The second kappa shape index (κ2) is 13.9. The molecule has 7 nitrogen and oxygen atoms in total. The van der Waals surface area contributed by atoms with Crippen LogP contribution in [0.25, 0.3) is 0 Å². The Morgan fingerprint density at radius 3 is 2.21 bits per heavy atom. The Morgan fingerprint density at radius 2 is 1.58 bits per heavy atom. The van der Waals surface area contributed by atoms with Crippen LogP contribution in [-0.4, -0.2) is 50.5 Å². The first-order valence-corrected chi connectivity index (χ1v) is 15.6. The van der Waals surface area contributed by atoms with Gasteiger partial charge in [0, 0.05) is 28.5 Å². The molecule has 1 N–H and O–H groups in total. The van der Waals surface area contributed by atoms with Crippen LogP contribution < -0.4 is 9.62 Å². The number of carbonyl (C=O) groups is 2. The molecule has 202 valence electrons. The number of hydrogen-bond donors (Lipinski definition) is 1. The summed E-state index contributed by atoms with van der Waals surface area (Å²) in [6.45, 7) is 2.10. The van der Waals surface area contributed by atoms with Gasteiger partial charge in [-0.2, -0.15) is 0 Å². The van der Waals surface area contributed by atoms with E-state index in [9.17, 15) is 18.0 Å². The monoisotopic (exact) mass is 663 g/mol. The van der Waals surface area contributed by atoms with E-state index in [0.717, 1.165) is 32.6 Å². The first kappa shape index (κ1) is 29.9. The van der Waals surface area contributed by atoms with Gasteiger partial charge in [-0.1, -0.05) is 77.5 Å². The first-order valence-electron chi connectivity index (χ1n) is 12.2. The maximum absolute atomic E-state index is 14.0. The van der Waals surface area contributed by atoms with Gasteiger partial charge in [-0.3, -0.25) is 13.9 Å². The van der Waals surface area contributed by atoms with Crippen molar-refractivity contribution in [2.24, 2.45) is 0 Å². The molecule has 0 saturated heterocycles. The fourth-order valence-electron chi connectivity index (χ4n) is 4.00. The molecule has 3 aromatic carbocycles. The molecule has 3 aromatic rings. The number of rotatable bonds is 12. The van der Waals surface area contributed by atoms with Crippen LogP contribution in [0.5, 0.6) is 0 Å². The van der Waals surface area contributed by atoms with E-state index in [0.29, 0.717) is 16.7 Å². The highest BCUT2D eigenvalue weighted by molar-refractivity contribution is 9.10. The van der Waals surface area contributed by atoms with Crippen molar-refractivity contribution in [3.05, 3.63) is 98.9 Å². The highest BCUT2D eigenvalue weighted by Gasteiger charge is 2.33. The van der Waals surface area contributed by atoms with Crippen molar-refractivity contribution in [2.45, 2.75) is 32.4 Å². The molecule has 0 bridgehead atoms. The predicted molar refractivity (Wildman–Crippen MR) is 158 cm³/mol. The third-order valence-corrected chi connectivity index (χ3v) is 8.15. The molecule has 0 radical (unpaired) electrons. The summed E-state index contributed by atoms with van der Waals surface area (Å²) in [6.07, 6.45) is 2.09. The molecule has 0 saturated carbocycles. The van der Waals surface area contributed by atoms with E-state index >= 15 is 0 Å². The molecule has 0 spiro atoms. The molecule has 0 aliphatic carbocycles. The summed E-state index contributed by atoms with van der Waals surface area (Å²) < 4.78 is 28.1. The number of hydrogen-bond acceptors (Lipinski definition) is 4. The molecule has 10 heteroatoms. The lowest BCUT2D eigenvalue weighted by molar-refractivity contribution is -0.140. The van der Waals surface area contributed by atoms with E-state index in [4.69, 9.17) is 0 Å². The zero-order valence-corrected chi connectivity index (χ0v) is 25.3. The number of anilines is 1. The zero-order chi connectivity index (χ0) is 27.7. The standard InChI is InChI=1S/C28H31Br2N3O4S/c1-3-16-31-28(35)26(18-21-10-5-4-6-11-21)32(19-22-12-9-13-23(29)17-22)27(34)20-33(38(2,36)37)25-15-8-7-14-24(25)30/h4-15,17,26H,3,16,18-20H2,1-2H3,(H,31,35). The van der Waals surface area contributed by atoms with Crippen LogP contribution in [0.4, 0.5) is 5.69 Å². The fraction of sp³-hybridized carbons (Fsp3) is 0.286. The molecule has 0 aliphatic rings. The van der Waals surface area contributed by atoms with Crippen LogP contribution in [0.15, 0.2) is 87.8 Å². The second-order valence-electron chi connectivity index (χ2n) is 8.87. The van der Waals surface area contributed by atoms with Gasteiger partial charge in [0.1, 0.15) is 12.6 Å². The van der Waals surface area contributed by atoms with Gasteiger partial charge in [0.05, 0.1) is 11.9 Å². The maximum atomic E-state index is 14.0. The van der Waals surface area contributed by atoms with Crippen LogP contribution in [0.1, 0.15) is 24.5 Å². The van der Waals surface area contributed by atoms with E-state index in [2.05, 4.69) is 37.2 Å². The average Bonchev–Trinajstić information content (AvgIpc) is 2.88. The van der Waals surface area contributed by atoms with Gasteiger partial charge in [0.15, 0.2) is 0 Å². The minimum atomic E-state index is -3.82. The summed E-state index contributed by atoms with van der Waals surface area (Å²) in [7, 11) is -3.82. The molecule has 38 heavy (non-hydrogen) atoms. The number of amides is 2. The molecule has 0 aliphatic heterocycles. The highest BCUT2D eigenvalue weighted by Crippen LogP contribution is 2.28. The van der Waals surface area contributed by atoms with E-state index in [-0.39, 0.29) is 18.9 Å². The van der Waals surface area contributed by atoms with Crippen molar-refractivity contribution >= 4 is 59.4 Å². The van der Waals surface area contributed by atoms with Gasteiger partial charge in [-0.15, -0.1) is 0 Å². The Hall–Kier alpha value is -2.69. The number of sulfonamides is 1. The molecule has 0 aromatic heterocycles. The number of para-hydroxylation sites is 1. The van der Waals surface area contributed by atoms with Crippen LogP contribution in [-0.2, 0) is 32.6 Å². The number of nitrogens with one attached hydrogen (secondary N) is 1. The van der Waals surface area contributed by atoms with E-state index < -0.39 is 28.5 Å². The minimum absolute atomic E-state index is 0.128. The number of benzene rings is 3. The average molecular weight is 665 g/mol. The largest absolute Gasteiger partial charge is 0.354 e. The molecule has 0 fully saturated rings. The van der Waals surface area contributed by atoms with Crippen LogP contribution in [0.2, 0.25) is 0 Å². The molecular weight excluding hydrogens is 634 g/mol. The van der Waals surface area contributed by atoms with Gasteiger partial charge in [-0.25, -0.2) is 8.42 Å². The van der Waals surface area contributed by atoms with Crippen LogP contribution in [0.3, 0.4) is 0 Å². The van der Waals surface area contributed by atoms with E-state index in [1.807, 2.05) is 61.5 Å². The van der Waals surface area contributed by atoms with Crippen molar-refractivity contribution < 1.29 is 18.0 Å². The Morgan fingerprint density at radius 1 is 0.921 bits per heavy atom. The Balaban J connectivity index is 2.05. The van der Waals surface area contributed by atoms with Crippen molar-refractivity contribution in [1.29, 1.82) is 0 Å². The fourth-order valence-corrected chi connectivity index (χ4v) is 5.93. The number of carbonyl (C=O) groups excluding carboxylic acids is 2. The van der Waals surface area contributed by atoms with Gasteiger partial charge in [0.2, 0.25) is 21.8 Å². The smallest absolute Gasteiger partial charge is 0.244 e. The quantitative estimate of drug-likeness (QED) is 0.291. The first-order chi connectivity index (χ1) is 18.1. The Bertz CT molecular complexity index is 1350. The summed E-state index contributed by atoms with van der Waals surface area (Å²) in [5.41, 5.74) is 2.05. The summed E-state index contributed by atoms with van der Waals surface area (Å²) >= 11 is 6.88. The van der Waals surface area contributed by atoms with Crippen LogP contribution >= 0.6 is 31.9 Å². The third-order valence-electron chi connectivity index (χ3n) is 5.86. The predicted octanol–water partition coefficient (Wildman–Crippen LogP) is 5.14. The lowest BCUT2D eigenvalue weighted by Gasteiger charge is -2.33. The number of nitrogens with zero attached hydrogens (tertiary/aromatic N) is 2. The minimum Gasteiger partial charge on any atom is -0.354 e. The molecule has 0 heterocycles. The van der Waals surface area contributed by atoms with Crippen LogP contribution in [0, 0.1) is 0 Å². The molecular formula is C28H31Br2N3O4S. The van der Waals surface area contributed by atoms with Crippen molar-refractivity contribution in [3.8, 4) is 0 Å². The second-order valence-corrected chi connectivity index (χ2v) is 12.5. The topological polar surface area (TPSA) is 86.8 Å². The summed E-state index contributed by atoms with van der Waals surface area (Å²) in [4.78, 5) is 28.9. The maximum Gasteiger partial charge on any atom is 0.244 e. The van der Waals surface area contributed by atoms with Gasteiger partial charge >= 0.3 is 0 Å². The Kier molecular flexibility index (Phi) is 10.9. The summed E-state index contributed by atoms with van der Waals surface area (Å²) in [6, 6.07) is 22.9. The molecule has 1 atom stereocenters. The van der Waals surface area contributed by atoms with Crippen molar-refractivity contribution in [1.82, 2.24) is 10.2 Å². The van der Waals surface area contributed by atoms with Gasteiger partial charge in [-0.05, 0) is 57.7 Å². The molecule has 1 unspecified atom stereocenters. The lowest BCUT2D eigenvalue weighted by atomic mass is 10.0. The van der Waals surface area contributed by atoms with Gasteiger partial charge < -0.3 is 10.2 Å². The highest BCUT2D eigenvalue weighted by atomic mass is 79.9. The zero-order valence-electron chi connectivity index (χ0n) is 21.3. The van der Waals surface area contributed by atoms with Gasteiger partial charge in [0.25, 0.3) is 0 Å². The number of halogens is 2. The third kappa shape index (κ3) is 8.41. The van der Waals surface area contributed by atoms with Crippen molar-refractivity contribution in [2.75, 3.05) is 23.7 Å². The summed E-state index contributed by atoms with van der Waals surface area (Å²) in [5.74, 6) is -0.774. The SMILES string of the molecule is CCCNC(=O)C(Cc1ccccc1)N(Cc1cccc(Br)c1)C(=O)CN(c1ccccc1Br)S(C)(=O)=O. The Labute approximate surface area is 241 Å². The normalized spacial score (nSPS) is 12.0.